The van der Waals surface area contributed by atoms with E-state index in [1.54, 1.807) is 0 Å². The van der Waals surface area contributed by atoms with Gasteiger partial charge in [-0.3, -0.25) is 16.0 Å². The van der Waals surface area contributed by atoms with Crippen LogP contribution in [-0.2, 0) is 0 Å². The molecule has 7 aromatic carbocycles. The molecule has 1 aliphatic carbocycles. The van der Waals surface area contributed by atoms with Gasteiger partial charge in [0.2, 0.25) is 0 Å². The minimum Gasteiger partial charge on any atom is -0.456 e. The van der Waals surface area contributed by atoms with Crippen LogP contribution in [0.4, 0.5) is 0 Å². The third-order valence-electron chi connectivity index (χ3n) is 12.1. The highest BCUT2D eigenvalue weighted by Gasteiger charge is 2.33. The van der Waals surface area contributed by atoms with Gasteiger partial charge < -0.3 is 13.4 Å². The predicted octanol–water partition coefficient (Wildman–Crippen LogP) is 10.2. The topological polar surface area (TPSA) is 67.3 Å². The van der Waals surface area contributed by atoms with Crippen molar-refractivity contribution in [1.82, 2.24) is 20.5 Å². The molecular weight excluding hydrogens is 701 g/mol. The lowest BCUT2D eigenvalue weighted by atomic mass is 9.93. The Balaban J connectivity index is 0.935. The number of para-hydroxylation sites is 3. The van der Waals surface area contributed by atoms with Crippen molar-refractivity contribution < 1.29 is 8.83 Å². The van der Waals surface area contributed by atoms with Crippen molar-refractivity contribution >= 4 is 66.9 Å². The highest BCUT2D eigenvalue weighted by Crippen LogP contribution is 2.40. The molecule has 3 unspecified atom stereocenters. The second kappa shape index (κ2) is 12.9. The number of aromatic nitrogens is 1. The summed E-state index contributed by atoms with van der Waals surface area (Å²) in [4.78, 5) is 0. The molecule has 3 atom stereocenters. The molecule has 4 heterocycles. The molecule has 6 nitrogen and oxygen atoms in total. The van der Waals surface area contributed by atoms with Crippen molar-refractivity contribution in [3.05, 3.63) is 186 Å². The van der Waals surface area contributed by atoms with E-state index in [2.05, 4.69) is 196 Å². The minimum atomic E-state index is -0.00838. The smallest absolute Gasteiger partial charge is 0.143 e. The summed E-state index contributed by atoms with van der Waals surface area (Å²) >= 11 is 0. The summed E-state index contributed by atoms with van der Waals surface area (Å²) in [5.74, 6) is 0.177. The van der Waals surface area contributed by atoms with Crippen molar-refractivity contribution in [1.29, 1.82) is 0 Å². The van der Waals surface area contributed by atoms with E-state index in [9.17, 15) is 0 Å². The molecule has 1 saturated heterocycles. The zero-order valence-electron chi connectivity index (χ0n) is 31.0. The molecule has 1 fully saturated rings. The van der Waals surface area contributed by atoms with Gasteiger partial charge in [0.1, 0.15) is 22.2 Å². The standard InChI is InChI=1S/C51H38N4O2/c1-3-13-31(14-4-1)49-52-50(32-15-5-2-6-16-32)54-51(53-49)34-26-27-38-39-20-11-19-35(48(39)57-45(38)30-34)33-25-28-40-46(29-33)56-44-24-12-23-43(47(40)44)55-41-21-9-7-17-36(41)37-18-8-10-22-42(37)55/h1-25,27-30,34,49-54H,26H2. The molecule has 274 valence electrons. The molecular formula is C51H38N4O2. The van der Waals surface area contributed by atoms with Crippen molar-refractivity contribution in [3.8, 4) is 16.8 Å². The average molecular weight is 739 g/mol. The van der Waals surface area contributed by atoms with Gasteiger partial charge in [0.05, 0.1) is 40.6 Å². The molecule has 0 radical (unpaired) electrons. The Kier molecular flexibility index (Phi) is 7.38. The van der Waals surface area contributed by atoms with Crippen molar-refractivity contribution in [2.75, 3.05) is 0 Å². The maximum absolute atomic E-state index is 6.85. The molecule has 57 heavy (non-hydrogen) atoms. The van der Waals surface area contributed by atoms with Crippen molar-refractivity contribution in [3.63, 3.8) is 0 Å². The van der Waals surface area contributed by atoms with Crippen LogP contribution >= 0.6 is 0 Å². The molecule has 0 saturated carbocycles. The normalized spacial score (nSPS) is 19.6. The average Bonchev–Trinajstić information content (AvgIpc) is 3.96. The molecule has 1 aliphatic heterocycles. The van der Waals surface area contributed by atoms with Crippen LogP contribution < -0.4 is 26.6 Å². The first-order valence-electron chi connectivity index (χ1n) is 19.8. The molecule has 3 aromatic heterocycles. The van der Waals surface area contributed by atoms with E-state index < -0.39 is 0 Å². The Morgan fingerprint density at radius 1 is 0.526 bits per heavy atom. The predicted molar refractivity (Wildman–Crippen MR) is 231 cm³/mol. The minimum absolute atomic E-state index is 0.00838. The number of benzene rings is 7. The zero-order chi connectivity index (χ0) is 37.5. The Morgan fingerprint density at radius 2 is 1.18 bits per heavy atom. The first kappa shape index (κ1) is 32.5. The number of nitrogens with one attached hydrogen (secondary N) is 3. The second-order valence-electron chi connectivity index (χ2n) is 15.3. The summed E-state index contributed by atoms with van der Waals surface area (Å²) < 4.78 is 15.9. The Bertz CT molecular complexity index is 3190. The Labute approximate surface area is 328 Å². The SMILES string of the molecule is C1=c2oc3c(-c4ccc5c(c4)oc4cccc(-n6c7ccccc7c7ccccc76)c45)cccc3c2=CCC1C1NC(c2ccccc2)NC(c2ccccc2)N1. The number of hydrogen-bond acceptors (Lipinski definition) is 5. The van der Waals surface area contributed by atoms with Gasteiger partial charge >= 0.3 is 0 Å². The van der Waals surface area contributed by atoms with Gasteiger partial charge in [0.15, 0.2) is 0 Å². The van der Waals surface area contributed by atoms with Gasteiger partial charge in [0.25, 0.3) is 0 Å². The van der Waals surface area contributed by atoms with Gasteiger partial charge in [0, 0.05) is 38.2 Å². The summed E-state index contributed by atoms with van der Waals surface area (Å²) in [6, 6.07) is 58.0. The van der Waals surface area contributed by atoms with Crippen LogP contribution in [0.25, 0.3) is 83.7 Å². The maximum atomic E-state index is 6.85. The highest BCUT2D eigenvalue weighted by molar-refractivity contribution is 6.15. The number of fused-ring (bicyclic) bond motifs is 9. The number of rotatable bonds is 5. The molecule has 2 aliphatic rings. The molecule has 3 N–H and O–H groups in total. The van der Waals surface area contributed by atoms with Gasteiger partial charge in [-0.15, -0.1) is 0 Å². The van der Waals surface area contributed by atoms with Gasteiger partial charge in [-0.2, -0.15) is 0 Å². The lowest BCUT2D eigenvalue weighted by molar-refractivity contribution is 0.176. The summed E-state index contributed by atoms with van der Waals surface area (Å²) in [6.07, 6.45) is 5.56. The third kappa shape index (κ3) is 5.22. The molecule has 12 rings (SSSR count). The van der Waals surface area contributed by atoms with Gasteiger partial charge in [-0.25, -0.2) is 0 Å². The fourth-order valence-electron chi connectivity index (χ4n) is 9.40. The Hall–Kier alpha value is -6.70. The summed E-state index contributed by atoms with van der Waals surface area (Å²) in [7, 11) is 0. The largest absolute Gasteiger partial charge is 0.456 e. The van der Waals surface area contributed by atoms with Crippen LogP contribution in [0.2, 0.25) is 0 Å². The first-order chi connectivity index (χ1) is 28.2. The summed E-state index contributed by atoms with van der Waals surface area (Å²) in [6.45, 7) is 0. The van der Waals surface area contributed by atoms with Crippen LogP contribution in [-0.4, -0.2) is 10.7 Å². The van der Waals surface area contributed by atoms with Crippen LogP contribution in [0.3, 0.4) is 0 Å². The third-order valence-corrected chi connectivity index (χ3v) is 12.1. The van der Waals surface area contributed by atoms with E-state index in [0.29, 0.717) is 0 Å². The molecule has 0 spiro atoms. The number of nitrogens with zero attached hydrogens (tertiary/aromatic N) is 1. The van der Waals surface area contributed by atoms with Crippen LogP contribution in [0.5, 0.6) is 0 Å². The van der Waals surface area contributed by atoms with Crippen LogP contribution in [0.1, 0.15) is 29.9 Å². The Morgan fingerprint density at radius 3 is 1.89 bits per heavy atom. The fourth-order valence-corrected chi connectivity index (χ4v) is 9.40. The quantitative estimate of drug-likeness (QED) is 0.164. The zero-order valence-corrected chi connectivity index (χ0v) is 31.0. The highest BCUT2D eigenvalue weighted by atomic mass is 16.3. The maximum Gasteiger partial charge on any atom is 0.143 e. The lowest BCUT2D eigenvalue weighted by Gasteiger charge is -2.42. The molecule has 0 bridgehead atoms. The van der Waals surface area contributed by atoms with E-state index in [4.69, 9.17) is 8.83 Å². The van der Waals surface area contributed by atoms with Crippen LogP contribution in [0.15, 0.2) is 173 Å². The van der Waals surface area contributed by atoms with Crippen molar-refractivity contribution in [2.24, 2.45) is 5.92 Å². The van der Waals surface area contributed by atoms with Crippen LogP contribution in [0, 0.1) is 5.92 Å². The summed E-state index contributed by atoms with van der Waals surface area (Å²) in [5.41, 5.74) is 11.5. The second-order valence-corrected chi connectivity index (χ2v) is 15.3. The number of furan rings is 2. The lowest BCUT2D eigenvalue weighted by Crippen LogP contribution is -2.61. The van der Waals surface area contributed by atoms with Crippen molar-refractivity contribution in [2.45, 2.75) is 24.9 Å². The fraction of sp³-hybridized carbons (Fsp3) is 0.0980. The molecule has 0 amide bonds. The van der Waals surface area contributed by atoms with Gasteiger partial charge in [-0.1, -0.05) is 133 Å². The van der Waals surface area contributed by atoms with E-state index in [1.807, 2.05) is 0 Å². The van der Waals surface area contributed by atoms with Gasteiger partial charge in [-0.05, 0) is 65.6 Å². The van der Waals surface area contributed by atoms with E-state index in [0.717, 1.165) is 66.8 Å². The first-order valence-corrected chi connectivity index (χ1v) is 19.8. The number of hydrogen-bond donors (Lipinski definition) is 3. The molecule has 10 aromatic rings. The monoisotopic (exact) mass is 738 g/mol. The van der Waals surface area contributed by atoms with E-state index >= 15 is 0 Å². The molecule has 6 heteroatoms. The van der Waals surface area contributed by atoms with E-state index in [-0.39, 0.29) is 24.4 Å². The summed E-state index contributed by atoms with van der Waals surface area (Å²) in [5, 5.41) is 18.5. The van der Waals surface area contributed by atoms with E-state index in [1.165, 1.54) is 32.9 Å².